The summed E-state index contributed by atoms with van der Waals surface area (Å²) in [6, 6.07) is 12.8. The molecule has 5 aromatic rings. The first kappa shape index (κ1) is 20.7. The standard InChI is InChI=1S/C25H25FN8/c1-32-11-3-4-18(32)13-21-29-24-22(16-7-10-19-20(12-16)33(2)14-28-19)23(30-25(27)34(24)31-21)15-5-8-17(26)9-6-15/h5-10,12,14,18H,3-4,11,13H2,1-2H3,(H2,27,30)/t18-/m1/s1. The Morgan fingerprint density at radius 1 is 1.06 bits per heavy atom. The fraction of sp³-hybridized carbons (Fsp3) is 0.280. The summed E-state index contributed by atoms with van der Waals surface area (Å²) in [6.45, 7) is 1.09. The minimum atomic E-state index is -0.305. The average Bonchev–Trinajstić information content (AvgIpc) is 3.54. The number of rotatable bonds is 4. The summed E-state index contributed by atoms with van der Waals surface area (Å²) in [6.07, 6.45) is 4.86. The van der Waals surface area contributed by atoms with Crippen LogP contribution in [0.5, 0.6) is 0 Å². The number of halogens is 1. The second-order valence-corrected chi connectivity index (χ2v) is 9.00. The minimum Gasteiger partial charge on any atom is -0.368 e. The van der Waals surface area contributed by atoms with Crippen LogP contribution in [-0.4, -0.2) is 53.7 Å². The van der Waals surface area contributed by atoms with E-state index in [-0.39, 0.29) is 11.8 Å². The Labute approximate surface area is 195 Å². The molecular formula is C25H25FN8. The van der Waals surface area contributed by atoms with Crippen LogP contribution in [0.2, 0.25) is 0 Å². The molecule has 8 nitrogen and oxygen atoms in total. The van der Waals surface area contributed by atoms with E-state index in [0.717, 1.165) is 52.9 Å². The highest BCUT2D eigenvalue weighted by atomic mass is 19.1. The van der Waals surface area contributed by atoms with Gasteiger partial charge in [-0.05, 0) is 68.4 Å². The van der Waals surface area contributed by atoms with Gasteiger partial charge in [0.15, 0.2) is 11.5 Å². The third-order valence-corrected chi connectivity index (χ3v) is 6.78. The second-order valence-electron chi connectivity index (χ2n) is 9.00. The summed E-state index contributed by atoms with van der Waals surface area (Å²) in [5.41, 5.74) is 12.0. The summed E-state index contributed by atoms with van der Waals surface area (Å²) in [7, 11) is 4.11. The Bertz CT molecular complexity index is 1520. The molecule has 3 aromatic heterocycles. The van der Waals surface area contributed by atoms with Crippen molar-refractivity contribution in [3.8, 4) is 22.4 Å². The molecule has 1 aliphatic heterocycles. The molecule has 4 heterocycles. The van der Waals surface area contributed by atoms with Crippen LogP contribution in [0.25, 0.3) is 39.1 Å². The number of nitrogens with zero attached hydrogens (tertiary/aromatic N) is 7. The number of hydrogen-bond donors (Lipinski definition) is 1. The number of imidazole rings is 1. The molecule has 34 heavy (non-hydrogen) atoms. The van der Waals surface area contributed by atoms with E-state index in [1.54, 1.807) is 23.0 Å². The fourth-order valence-electron chi connectivity index (χ4n) is 4.90. The summed E-state index contributed by atoms with van der Waals surface area (Å²) < 4.78 is 17.3. The number of hydrogen-bond acceptors (Lipinski definition) is 6. The average molecular weight is 457 g/mol. The van der Waals surface area contributed by atoms with Crippen molar-refractivity contribution in [3.63, 3.8) is 0 Å². The fourth-order valence-corrected chi connectivity index (χ4v) is 4.90. The minimum absolute atomic E-state index is 0.248. The SMILES string of the molecule is CN1CCC[C@@H]1Cc1nc2c(-c3ccc4ncn(C)c4c3)c(-c3ccc(F)cc3)nc(N)n2n1. The maximum absolute atomic E-state index is 13.7. The number of nitrogen functional groups attached to an aromatic ring is 1. The number of benzene rings is 2. The number of nitrogens with two attached hydrogens (primary N) is 1. The summed E-state index contributed by atoms with van der Waals surface area (Å²) in [4.78, 5) is 16.5. The van der Waals surface area contributed by atoms with Crippen LogP contribution in [0.15, 0.2) is 48.8 Å². The summed E-state index contributed by atoms with van der Waals surface area (Å²) >= 11 is 0. The van der Waals surface area contributed by atoms with Gasteiger partial charge in [-0.2, -0.15) is 4.52 Å². The van der Waals surface area contributed by atoms with Gasteiger partial charge in [-0.3, -0.25) is 0 Å². The molecule has 1 aliphatic rings. The molecule has 0 unspecified atom stereocenters. The van der Waals surface area contributed by atoms with E-state index in [0.29, 0.717) is 17.4 Å². The number of likely N-dealkylation sites (tertiary alicyclic amines) is 1. The van der Waals surface area contributed by atoms with E-state index in [2.05, 4.69) is 23.0 Å². The van der Waals surface area contributed by atoms with E-state index in [4.69, 9.17) is 20.8 Å². The van der Waals surface area contributed by atoms with Gasteiger partial charge < -0.3 is 15.2 Å². The number of aryl methyl sites for hydroxylation is 1. The molecule has 9 heteroatoms. The lowest BCUT2D eigenvalue weighted by atomic mass is 9.99. The number of aromatic nitrogens is 6. The highest BCUT2D eigenvalue weighted by molar-refractivity contribution is 5.94. The molecule has 1 atom stereocenters. The first-order valence-electron chi connectivity index (χ1n) is 11.4. The van der Waals surface area contributed by atoms with E-state index < -0.39 is 0 Å². The van der Waals surface area contributed by atoms with Crippen molar-refractivity contribution in [2.24, 2.45) is 7.05 Å². The molecule has 2 N–H and O–H groups in total. The van der Waals surface area contributed by atoms with Gasteiger partial charge in [0, 0.05) is 25.1 Å². The number of fused-ring (bicyclic) bond motifs is 2. The van der Waals surface area contributed by atoms with Gasteiger partial charge in [-0.15, -0.1) is 5.10 Å². The Balaban J connectivity index is 1.59. The topological polar surface area (TPSA) is 90.2 Å². The molecule has 6 rings (SSSR count). The smallest absolute Gasteiger partial charge is 0.223 e. The molecule has 1 fully saturated rings. The van der Waals surface area contributed by atoms with Gasteiger partial charge in [-0.1, -0.05) is 6.07 Å². The monoisotopic (exact) mass is 456 g/mol. The molecule has 0 aliphatic carbocycles. The molecule has 0 bridgehead atoms. The van der Waals surface area contributed by atoms with Crippen LogP contribution in [0.3, 0.4) is 0 Å². The Morgan fingerprint density at radius 3 is 2.62 bits per heavy atom. The molecule has 172 valence electrons. The first-order valence-corrected chi connectivity index (χ1v) is 11.4. The molecule has 2 aromatic carbocycles. The molecule has 0 radical (unpaired) electrons. The van der Waals surface area contributed by atoms with Crippen molar-refractivity contribution in [1.29, 1.82) is 0 Å². The molecule has 0 saturated carbocycles. The van der Waals surface area contributed by atoms with Crippen molar-refractivity contribution < 1.29 is 4.39 Å². The number of anilines is 1. The lowest BCUT2D eigenvalue weighted by molar-refractivity contribution is 0.306. The van der Waals surface area contributed by atoms with Crippen molar-refractivity contribution in [2.45, 2.75) is 25.3 Å². The maximum atomic E-state index is 13.7. The normalized spacial score (nSPS) is 16.7. The van der Waals surface area contributed by atoms with E-state index in [1.807, 2.05) is 23.7 Å². The van der Waals surface area contributed by atoms with Gasteiger partial charge in [-0.25, -0.2) is 19.3 Å². The molecule has 0 amide bonds. The van der Waals surface area contributed by atoms with Gasteiger partial charge >= 0.3 is 0 Å². The zero-order chi connectivity index (χ0) is 23.4. The van der Waals surface area contributed by atoms with Crippen LogP contribution in [0.1, 0.15) is 18.7 Å². The Hall–Kier alpha value is -3.85. The number of likely N-dealkylation sites (N-methyl/N-ethyl adjacent to an activating group) is 1. The largest absolute Gasteiger partial charge is 0.368 e. The van der Waals surface area contributed by atoms with E-state index in [9.17, 15) is 4.39 Å². The van der Waals surface area contributed by atoms with Crippen molar-refractivity contribution >= 4 is 22.6 Å². The second kappa shape index (κ2) is 7.88. The summed E-state index contributed by atoms with van der Waals surface area (Å²) in [5, 5.41) is 4.73. The van der Waals surface area contributed by atoms with Crippen LogP contribution < -0.4 is 5.73 Å². The zero-order valence-corrected chi connectivity index (χ0v) is 19.1. The highest BCUT2D eigenvalue weighted by Gasteiger charge is 2.25. The Morgan fingerprint density at radius 2 is 1.85 bits per heavy atom. The third kappa shape index (κ3) is 3.40. The summed E-state index contributed by atoms with van der Waals surface area (Å²) in [5.74, 6) is 0.686. The van der Waals surface area contributed by atoms with Crippen LogP contribution >= 0.6 is 0 Å². The molecular weight excluding hydrogens is 431 g/mol. The predicted octanol–water partition coefficient (Wildman–Crippen LogP) is 3.70. The Kier molecular flexibility index (Phi) is 4.80. The van der Waals surface area contributed by atoms with Crippen LogP contribution in [-0.2, 0) is 13.5 Å². The third-order valence-electron chi connectivity index (χ3n) is 6.78. The van der Waals surface area contributed by atoms with Crippen molar-refractivity contribution in [2.75, 3.05) is 19.3 Å². The van der Waals surface area contributed by atoms with E-state index in [1.165, 1.54) is 18.6 Å². The first-order chi connectivity index (χ1) is 16.5. The zero-order valence-electron chi connectivity index (χ0n) is 19.1. The quantitative estimate of drug-likeness (QED) is 0.444. The van der Waals surface area contributed by atoms with Gasteiger partial charge in [0.1, 0.15) is 5.82 Å². The van der Waals surface area contributed by atoms with Crippen molar-refractivity contribution in [3.05, 3.63) is 60.4 Å². The van der Waals surface area contributed by atoms with Gasteiger partial charge in [0.25, 0.3) is 0 Å². The highest BCUT2D eigenvalue weighted by Crippen LogP contribution is 2.36. The van der Waals surface area contributed by atoms with Crippen LogP contribution in [0.4, 0.5) is 10.3 Å². The van der Waals surface area contributed by atoms with Gasteiger partial charge in [0.05, 0.1) is 28.6 Å². The maximum Gasteiger partial charge on any atom is 0.223 e. The van der Waals surface area contributed by atoms with E-state index >= 15 is 0 Å². The molecule has 0 spiro atoms. The van der Waals surface area contributed by atoms with Crippen molar-refractivity contribution in [1.82, 2.24) is 34.0 Å². The lowest BCUT2D eigenvalue weighted by Crippen LogP contribution is -2.27. The molecule has 1 saturated heterocycles. The predicted molar refractivity (Wildman–Crippen MR) is 130 cm³/mol. The van der Waals surface area contributed by atoms with Crippen LogP contribution in [0, 0.1) is 5.82 Å². The van der Waals surface area contributed by atoms with Gasteiger partial charge in [0.2, 0.25) is 5.95 Å². The lowest BCUT2D eigenvalue weighted by Gasteiger charge is -2.17.